The van der Waals surface area contributed by atoms with Gasteiger partial charge in [0.1, 0.15) is 12.4 Å². The van der Waals surface area contributed by atoms with Gasteiger partial charge in [-0.15, -0.1) is 0 Å². The Morgan fingerprint density at radius 1 is 1.22 bits per heavy atom. The maximum absolute atomic E-state index is 5.80. The molecule has 0 spiro atoms. The van der Waals surface area contributed by atoms with Gasteiger partial charge < -0.3 is 25.0 Å². The second-order valence-corrected chi connectivity index (χ2v) is 7.97. The van der Waals surface area contributed by atoms with Crippen LogP contribution in [0.3, 0.4) is 0 Å². The van der Waals surface area contributed by atoms with Crippen molar-refractivity contribution < 1.29 is 9.47 Å². The van der Waals surface area contributed by atoms with Crippen molar-refractivity contribution in [1.82, 2.24) is 15.5 Å². The summed E-state index contributed by atoms with van der Waals surface area (Å²) in [5.74, 6) is 1.68. The third kappa shape index (κ3) is 9.63. The number of methoxy groups -OCH3 is 1. The first-order valence-corrected chi connectivity index (χ1v) is 9.67. The minimum Gasteiger partial charge on any atom is -0.492 e. The fraction of sp³-hybridized carbons (Fsp3) is 0.667. The molecule has 154 valence electrons. The number of ether oxygens (including phenoxy) is 2. The molecule has 0 radical (unpaired) electrons. The van der Waals surface area contributed by atoms with Crippen molar-refractivity contribution in [3.63, 3.8) is 0 Å². The van der Waals surface area contributed by atoms with E-state index in [0.717, 1.165) is 30.4 Å². The van der Waals surface area contributed by atoms with Gasteiger partial charge in [0.05, 0.1) is 12.6 Å². The third-order valence-electron chi connectivity index (χ3n) is 4.17. The molecule has 6 heteroatoms. The lowest BCUT2D eigenvalue weighted by Gasteiger charge is -2.30. The Morgan fingerprint density at radius 3 is 2.56 bits per heavy atom. The Bertz CT molecular complexity index is 568. The van der Waals surface area contributed by atoms with Crippen LogP contribution in [-0.2, 0) is 11.3 Å². The number of likely N-dealkylation sites (N-methyl/N-ethyl adjacent to an activating group) is 1. The zero-order chi connectivity index (χ0) is 20.3. The van der Waals surface area contributed by atoms with Gasteiger partial charge in [0, 0.05) is 26.7 Å². The largest absolute Gasteiger partial charge is 0.492 e. The monoisotopic (exact) mass is 378 g/mol. The Hall–Kier alpha value is -1.79. The van der Waals surface area contributed by atoms with Crippen molar-refractivity contribution in [1.29, 1.82) is 0 Å². The van der Waals surface area contributed by atoms with Gasteiger partial charge in [0.15, 0.2) is 5.96 Å². The average Bonchev–Trinajstić information content (AvgIpc) is 2.59. The molecule has 1 aromatic carbocycles. The molecular formula is C21H38N4O2. The molecule has 6 nitrogen and oxygen atoms in total. The van der Waals surface area contributed by atoms with E-state index in [2.05, 4.69) is 55.4 Å². The normalized spacial score (nSPS) is 13.6. The van der Waals surface area contributed by atoms with Gasteiger partial charge in [-0.2, -0.15) is 0 Å². The van der Waals surface area contributed by atoms with Crippen LogP contribution in [0.25, 0.3) is 0 Å². The van der Waals surface area contributed by atoms with E-state index >= 15 is 0 Å². The summed E-state index contributed by atoms with van der Waals surface area (Å²) < 4.78 is 11.4. The quantitative estimate of drug-likeness (QED) is 0.484. The third-order valence-corrected chi connectivity index (χ3v) is 4.17. The lowest BCUT2D eigenvalue weighted by Crippen LogP contribution is -2.45. The predicted molar refractivity (Wildman–Crippen MR) is 114 cm³/mol. The number of benzene rings is 1. The highest BCUT2D eigenvalue weighted by molar-refractivity contribution is 5.79. The van der Waals surface area contributed by atoms with Crippen LogP contribution in [0.4, 0.5) is 0 Å². The van der Waals surface area contributed by atoms with Crippen molar-refractivity contribution in [3.05, 3.63) is 29.8 Å². The van der Waals surface area contributed by atoms with E-state index in [9.17, 15) is 0 Å². The van der Waals surface area contributed by atoms with Crippen LogP contribution < -0.4 is 15.4 Å². The number of nitrogens with one attached hydrogen (secondary N) is 2. The smallest absolute Gasteiger partial charge is 0.191 e. The highest BCUT2D eigenvalue weighted by Gasteiger charge is 2.24. The molecule has 0 aliphatic heterocycles. The first-order valence-electron chi connectivity index (χ1n) is 9.67. The molecule has 0 fully saturated rings. The molecule has 1 atom stereocenters. The molecule has 1 aromatic rings. The van der Waals surface area contributed by atoms with Crippen LogP contribution in [-0.4, -0.2) is 64.4 Å². The van der Waals surface area contributed by atoms with E-state index in [1.165, 1.54) is 0 Å². The second kappa shape index (κ2) is 11.8. The summed E-state index contributed by atoms with van der Waals surface area (Å²) in [6.07, 6.45) is 0.106. The highest BCUT2D eigenvalue weighted by atomic mass is 16.5. The Kier molecular flexibility index (Phi) is 10.2. The van der Waals surface area contributed by atoms with Crippen LogP contribution in [0.1, 0.15) is 33.3 Å². The summed E-state index contributed by atoms with van der Waals surface area (Å²) in [7, 11) is 5.83. The summed E-state index contributed by atoms with van der Waals surface area (Å²) >= 11 is 0. The lowest BCUT2D eigenvalue weighted by molar-refractivity contribution is 0.0205. The molecule has 2 N–H and O–H groups in total. The molecule has 1 unspecified atom stereocenters. The Labute approximate surface area is 165 Å². The second-order valence-electron chi connectivity index (χ2n) is 7.97. The van der Waals surface area contributed by atoms with E-state index in [4.69, 9.17) is 14.5 Å². The van der Waals surface area contributed by atoms with E-state index in [1.807, 2.05) is 26.2 Å². The molecule has 0 amide bonds. The molecule has 0 aromatic heterocycles. The van der Waals surface area contributed by atoms with Crippen molar-refractivity contribution in [2.45, 2.75) is 40.3 Å². The van der Waals surface area contributed by atoms with E-state index in [-0.39, 0.29) is 11.5 Å². The Balaban J connectivity index is 2.66. The molecule has 27 heavy (non-hydrogen) atoms. The van der Waals surface area contributed by atoms with Gasteiger partial charge in [-0.25, -0.2) is 4.99 Å². The fourth-order valence-electron chi connectivity index (χ4n) is 2.52. The van der Waals surface area contributed by atoms with Gasteiger partial charge in [-0.1, -0.05) is 32.9 Å². The van der Waals surface area contributed by atoms with Crippen LogP contribution in [0.2, 0.25) is 0 Å². The number of hydrogen-bond acceptors (Lipinski definition) is 4. The maximum Gasteiger partial charge on any atom is 0.191 e. The summed E-state index contributed by atoms with van der Waals surface area (Å²) in [6.45, 7) is 12.3. The standard InChI is InChI=1S/C21H38N4O2/c1-8-22-20(24-16-19(26-7)21(2,3)4)23-15-17-10-9-11-18(14-17)27-13-12-25(5)6/h9-11,14,19H,8,12-13,15-16H2,1-7H3,(H2,22,23,24). The van der Waals surface area contributed by atoms with Crippen LogP contribution in [0, 0.1) is 5.41 Å². The van der Waals surface area contributed by atoms with Crippen molar-refractivity contribution in [3.8, 4) is 5.75 Å². The molecule has 0 heterocycles. The van der Waals surface area contributed by atoms with Gasteiger partial charge >= 0.3 is 0 Å². The average molecular weight is 379 g/mol. The summed E-state index contributed by atoms with van der Waals surface area (Å²) in [5.41, 5.74) is 1.19. The summed E-state index contributed by atoms with van der Waals surface area (Å²) in [6, 6.07) is 8.12. The SMILES string of the molecule is CCNC(=NCc1cccc(OCCN(C)C)c1)NCC(OC)C(C)(C)C. The molecule has 0 aliphatic carbocycles. The molecule has 0 saturated carbocycles. The molecule has 1 rings (SSSR count). The predicted octanol–water partition coefficient (Wildman–Crippen LogP) is 2.74. The van der Waals surface area contributed by atoms with E-state index < -0.39 is 0 Å². The van der Waals surface area contributed by atoms with Crippen molar-refractivity contribution in [2.75, 3.05) is 47.4 Å². The summed E-state index contributed by atoms with van der Waals surface area (Å²) in [5, 5.41) is 6.68. The number of aliphatic imine (C=N–C) groups is 1. The van der Waals surface area contributed by atoms with Crippen LogP contribution >= 0.6 is 0 Å². The number of guanidine groups is 1. The minimum atomic E-state index is 0.0668. The molecular weight excluding hydrogens is 340 g/mol. The molecule has 0 saturated heterocycles. The fourth-order valence-corrected chi connectivity index (χ4v) is 2.52. The van der Waals surface area contributed by atoms with Gasteiger partial charge in [-0.05, 0) is 44.1 Å². The maximum atomic E-state index is 5.80. The van der Waals surface area contributed by atoms with Gasteiger partial charge in [0.25, 0.3) is 0 Å². The first-order chi connectivity index (χ1) is 12.8. The zero-order valence-corrected chi connectivity index (χ0v) is 18.1. The lowest BCUT2D eigenvalue weighted by atomic mass is 9.89. The number of nitrogens with zero attached hydrogens (tertiary/aromatic N) is 2. The van der Waals surface area contributed by atoms with Crippen LogP contribution in [0.15, 0.2) is 29.3 Å². The molecule has 0 aliphatic rings. The molecule has 0 bridgehead atoms. The first kappa shape index (κ1) is 23.2. The van der Waals surface area contributed by atoms with Crippen molar-refractivity contribution in [2.24, 2.45) is 10.4 Å². The minimum absolute atomic E-state index is 0.0668. The highest BCUT2D eigenvalue weighted by Crippen LogP contribution is 2.21. The zero-order valence-electron chi connectivity index (χ0n) is 18.1. The van der Waals surface area contributed by atoms with E-state index in [0.29, 0.717) is 19.7 Å². The van der Waals surface area contributed by atoms with Crippen molar-refractivity contribution >= 4 is 5.96 Å². The number of rotatable bonds is 10. The number of hydrogen-bond donors (Lipinski definition) is 2. The van der Waals surface area contributed by atoms with E-state index in [1.54, 1.807) is 7.11 Å². The Morgan fingerprint density at radius 2 is 1.96 bits per heavy atom. The van der Waals surface area contributed by atoms with Crippen LogP contribution in [0.5, 0.6) is 5.75 Å². The summed E-state index contributed by atoms with van der Waals surface area (Å²) in [4.78, 5) is 6.80. The van der Waals surface area contributed by atoms with Gasteiger partial charge in [-0.3, -0.25) is 0 Å². The topological polar surface area (TPSA) is 58.1 Å². The van der Waals surface area contributed by atoms with Gasteiger partial charge in [0.2, 0.25) is 0 Å².